The minimum atomic E-state index is -0.581. The summed E-state index contributed by atoms with van der Waals surface area (Å²) < 4.78 is 16.2. The fourth-order valence-electron chi connectivity index (χ4n) is 2.74. The Morgan fingerprint density at radius 2 is 1.48 bits per heavy atom. The molecule has 1 amide bonds. The molecular weight excluding hydrogens is 370 g/mol. The van der Waals surface area contributed by atoms with Crippen molar-refractivity contribution in [3.05, 3.63) is 59.2 Å². The van der Waals surface area contributed by atoms with E-state index in [1.807, 2.05) is 26.0 Å². The smallest absolute Gasteiger partial charge is 0.338 e. The molecule has 6 heteroatoms. The van der Waals surface area contributed by atoms with Crippen LogP contribution in [0.1, 0.15) is 42.3 Å². The number of carbonyl (C=O) groups is 2. The van der Waals surface area contributed by atoms with Crippen LogP contribution < -0.4 is 9.47 Å². The zero-order valence-corrected chi connectivity index (χ0v) is 17.6. The number of nitrogens with zero attached hydrogens (tertiary/aromatic N) is 1. The van der Waals surface area contributed by atoms with E-state index in [-0.39, 0.29) is 12.5 Å². The lowest BCUT2D eigenvalue weighted by Gasteiger charge is -2.17. The number of benzene rings is 2. The SMILES string of the molecule is CCOc1ccc(C(=O)OCC(=O)N(C)Cc2ccc(CC)cc2)cc1OCC. The fraction of sp³-hybridized carbons (Fsp3) is 0.391. The first kappa shape index (κ1) is 22.3. The number of aryl methyl sites for hydroxylation is 1. The quantitative estimate of drug-likeness (QED) is 0.568. The molecule has 0 saturated carbocycles. The Labute approximate surface area is 172 Å². The highest BCUT2D eigenvalue weighted by atomic mass is 16.5. The van der Waals surface area contributed by atoms with Crippen molar-refractivity contribution in [2.75, 3.05) is 26.9 Å². The predicted molar refractivity (Wildman–Crippen MR) is 111 cm³/mol. The first-order valence-corrected chi connectivity index (χ1v) is 9.87. The summed E-state index contributed by atoms with van der Waals surface area (Å²) in [7, 11) is 1.69. The average Bonchev–Trinajstić information content (AvgIpc) is 2.73. The Morgan fingerprint density at radius 1 is 0.862 bits per heavy atom. The highest BCUT2D eigenvalue weighted by Crippen LogP contribution is 2.28. The van der Waals surface area contributed by atoms with E-state index in [9.17, 15) is 9.59 Å². The van der Waals surface area contributed by atoms with Gasteiger partial charge >= 0.3 is 5.97 Å². The predicted octanol–water partition coefficient (Wildman–Crippen LogP) is 3.86. The van der Waals surface area contributed by atoms with Gasteiger partial charge < -0.3 is 19.1 Å². The summed E-state index contributed by atoms with van der Waals surface area (Å²) in [6.07, 6.45) is 0.974. The minimum Gasteiger partial charge on any atom is -0.490 e. The highest BCUT2D eigenvalue weighted by Gasteiger charge is 2.16. The molecule has 0 saturated heterocycles. The molecule has 6 nitrogen and oxygen atoms in total. The van der Waals surface area contributed by atoms with Crippen molar-refractivity contribution in [1.82, 2.24) is 4.90 Å². The molecule has 0 aliphatic carbocycles. The number of likely N-dealkylation sites (N-methyl/N-ethyl adjacent to an activating group) is 1. The van der Waals surface area contributed by atoms with Gasteiger partial charge in [0.15, 0.2) is 18.1 Å². The van der Waals surface area contributed by atoms with Crippen molar-refractivity contribution in [1.29, 1.82) is 0 Å². The van der Waals surface area contributed by atoms with Crippen LogP contribution in [0.25, 0.3) is 0 Å². The molecule has 2 aromatic rings. The zero-order chi connectivity index (χ0) is 21.2. The van der Waals surface area contributed by atoms with E-state index < -0.39 is 5.97 Å². The highest BCUT2D eigenvalue weighted by molar-refractivity contribution is 5.92. The van der Waals surface area contributed by atoms with Crippen LogP contribution in [0.4, 0.5) is 0 Å². The standard InChI is InChI=1S/C23H29NO5/c1-5-17-8-10-18(11-9-17)15-24(4)22(25)16-29-23(26)19-12-13-20(27-6-2)21(14-19)28-7-3/h8-14H,5-7,15-16H2,1-4H3. The molecule has 0 radical (unpaired) electrons. The summed E-state index contributed by atoms with van der Waals surface area (Å²) in [5, 5.41) is 0. The maximum atomic E-state index is 12.3. The Bertz CT molecular complexity index is 817. The lowest BCUT2D eigenvalue weighted by Crippen LogP contribution is -2.30. The molecule has 0 spiro atoms. The summed E-state index contributed by atoms with van der Waals surface area (Å²) >= 11 is 0. The molecular formula is C23H29NO5. The molecule has 0 heterocycles. The summed E-state index contributed by atoms with van der Waals surface area (Å²) in [5.74, 6) is 0.190. The van der Waals surface area contributed by atoms with Gasteiger partial charge in [-0.2, -0.15) is 0 Å². The van der Waals surface area contributed by atoms with E-state index in [0.29, 0.717) is 36.8 Å². The Kier molecular flexibility index (Phi) is 8.52. The second-order valence-electron chi connectivity index (χ2n) is 6.52. The van der Waals surface area contributed by atoms with Crippen LogP contribution >= 0.6 is 0 Å². The lowest BCUT2D eigenvalue weighted by molar-refractivity contribution is -0.133. The van der Waals surface area contributed by atoms with Gasteiger partial charge in [-0.25, -0.2) is 4.79 Å². The van der Waals surface area contributed by atoms with Gasteiger partial charge in [0, 0.05) is 13.6 Å². The molecule has 0 fully saturated rings. The van der Waals surface area contributed by atoms with Gasteiger partial charge in [-0.15, -0.1) is 0 Å². The molecule has 0 aromatic heterocycles. The van der Waals surface area contributed by atoms with Gasteiger partial charge in [0.25, 0.3) is 5.91 Å². The number of rotatable bonds is 10. The minimum absolute atomic E-state index is 0.270. The molecule has 0 bridgehead atoms. The largest absolute Gasteiger partial charge is 0.490 e. The van der Waals surface area contributed by atoms with Crippen LogP contribution in [-0.2, 0) is 22.5 Å². The summed E-state index contributed by atoms with van der Waals surface area (Å²) in [6, 6.07) is 12.9. The maximum absolute atomic E-state index is 12.3. The van der Waals surface area contributed by atoms with Crippen LogP contribution in [0.15, 0.2) is 42.5 Å². The average molecular weight is 399 g/mol. The third-order valence-corrected chi connectivity index (χ3v) is 4.38. The van der Waals surface area contributed by atoms with Crippen molar-refractivity contribution < 1.29 is 23.8 Å². The number of hydrogen-bond donors (Lipinski definition) is 0. The Hall–Kier alpha value is -3.02. The van der Waals surface area contributed by atoms with E-state index in [2.05, 4.69) is 19.1 Å². The molecule has 0 atom stereocenters. The van der Waals surface area contributed by atoms with Gasteiger partial charge in [0.1, 0.15) is 0 Å². The summed E-state index contributed by atoms with van der Waals surface area (Å²) in [6.45, 7) is 6.90. The van der Waals surface area contributed by atoms with Crippen molar-refractivity contribution in [2.45, 2.75) is 33.7 Å². The molecule has 0 aliphatic rings. The summed E-state index contributed by atoms with van der Waals surface area (Å²) in [5.41, 5.74) is 2.58. The van der Waals surface area contributed by atoms with E-state index in [1.165, 1.54) is 10.5 Å². The first-order valence-electron chi connectivity index (χ1n) is 9.87. The van der Waals surface area contributed by atoms with E-state index in [0.717, 1.165) is 12.0 Å². The van der Waals surface area contributed by atoms with Gasteiger partial charge in [0.2, 0.25) is 0 Å². The monoisotopic (exact) mass is 399 g/mol. The van der Waals surface area contributed by atoms with Crippen molar-refractivity contribution >= 4 is 11.9 Å². The zero-order valence-electron chi connectivity index (χ0n) is 17.6. The van der Waals surface area contributed by atoms with E-state index in [4.69, 9.17) is 14.2 Å². The number of esters is 1. The number of carbonyl (C=O) groups excluding carboxylic acids is 2. The normalized spacial score (nSPS) is 10.3. The van der Waals surface area contributed by atoms with Crippen LogP contribution in [0.3, 0.4) is 0 Å². The summed E-state index contributed by atoms with van der Waals surface area (Å²) in [4.78, 5) is 26.2. The maximum Gasteiger partial charge on any atom is 0.338 e. The molecule has 2 aromatic carbocycles. The van der Waals surface area contributed by atoms with Gasteiger partial charge in [-0.1, -0.05) is 31.2 Å². The third-order valence-electron chi connectivity index (χ3n) is 4.38. The van der Waals surface area contributed by atoms with Crippen LogP contribution in [0.2, 0.25) is 0 Å². The lowest BCUT2D eigenvalue weighted by atomic mass is 10.1. The van der Waals surface area contributed by atoms with Crippen molar-refractivity contribution in [3.63, 3.8) is 0 Å². The van der Waals surface area contributed by atoms with E-state index >= 15 is 0 Å². The van der Waals surface area contributed by atoms with E-state index in [1.54, 1.807) is 25.2 Å². The topological polar surface area (TPSA) is 65.1 Å². The Balaban J connectivity index is 1.93. The van der Waals surface area contributed by atoms with Crippen LogP contribution in [0.5, 0.6) is 11.5 Å². The molecule has 0 unspecified atom stereocenters. The van der Waals surface area contributed by atoms with Gasteiger partial charge in [-0.05, 0) is 49.6 Å². The van der Waals surface area contributed by atoms with Crippen LogP contribution in [0, 0.1) is 0 Å². The number of amides is 1. The molecule has 2 rings (SSSR count). The molecule has 0 aliphatic heterocycles. The molecule has 29 heavy (non-hydrogen) atoms. The van der Waals surface area contributed by atoms with Gasteiger partial charge in [-0.3, -0.25) is 4.79 Å². The molecule has 156 valence electrons. The number of ether oxygens (including phenoxy) is 3. The number of hydrogen-bond acceptors (Lipinski definition) is 5. The second-order valence-corrected chi connectivity index (χ2v) is 6.52. The van der Waals surface area contributed by atoms with Crippen LogP contribution in [-0.4, -0.2) is 43.6 Å². The first-order chi connectivity index (χ1) is 14.0. The molecule has 0 N–H and O–H groups in total. The third kappa shape index (κ3) is 6.52. The van der Waals surface area contributed by atoms with Crippen molar-refractivity contribution in [2.24, 2.45) is 0 Å². The van der Waals surface area contributed by atoms with Gasteiger partial charge in [0.05, 0.1) is 18.8 Å². The Morgan fingerprint density at radius 3 is 2.10 bits per heavy atom. The fourth-order valence-corrected chi connectivity index (χ4v) is 2.74. The second kappa shape index (κ2) is 11.1. The van der Waals surface area contributed by atoms with Crippen molar-refractivity contribution in [3.8, 4) is 11.5 Å².